The molecule has 0 radical (unpaired) electrons. The zero-order chi connectivity index (χ0) is 25.0. The van der Waals surface area contributed by atoms with Crippen LogP contribution in [0.2, 0.25) is 0 Å². The molecule has 0 aliphatic carbocycles. The summed E-state index contributed by atoms with van der Waals surface area (Å²) < 4.78 is 11.7. The normalized spacial score (nSPS) is 10.5. The van der Waals surface area contributed by atoms with Gasteiger partial charge >= 0.3 is 0 Å². The highest BCUT2D eigenvalue weighted by atomic mass is 79.9. The average Bonchev–Trinajstić information content (AvgIpc) is 3.37. The Morgan fingerprint density at radius 1 is 1.00 bits per heavy atom. The number of rotatable bonds is 11. The summed E-state index contributed by atoms with van der Waals surface area (Å²) in [5, 5.41) is 8.51. The molecule has 0 saturated carbocycles. The van der Waals surface area contributed by atoms with Gasteiger partial charge in [-0.25, -0.2) is 0 Å². The van der Waals surface area contributed by atoms with Crippen molar-refractivity contribution in [3.05, 3.63) is 82.2 Å². The number of carbonyl (C=O) groups is 2. The zero-order valence-corrected chi connectivity index (χ0v) is 21.8. The fourth-order valence-electron chi connectivity index (χ4n) is 3.23. The Labute approximate surface area is 218 Å². The average molecular weight is 558 g/mol. The second-order valence-electron chi connectivity index (χ2n) is 7.81. The number of anilines is 1. The molecule has 3 aromatic rings. The largest absolute Gasteiger partial charge is 0.492 e. The number of halogens is 1. The van der Waals surface area contributed by atoms with Crippen molar-refractivity contribution in [2.24, 2.45) is 0 Å². The van der Waals surface area contributed by atoms with Crippen molar-refractivity contribution in [2.75, 3.05) is 11.9 Å². The zero-order valence-electron chi connectivity index (χ0n) is 19.4. The van der Waals surface area contributed by atoms with Crippen LogP contribution in [0.4, 0.5) is 5.69 Å². The van der Waals surface area contributed by atoms with Crippen LogP contribution >= 0.6 is 28.1 Å². The lowest BCUT2D eigenvalue weighted by molar-refractivity contribution is 0.0946. The number of hydrogen-bond donors (Lipinski definition) is 3. The topological polar surface area (TPSA) is 92.6 Å². The molecule has 184 valence electrons. The van der Waals surface area contributed by atoms with Crippen molar-refractivity contribution in [2.45, 2.75) is 39.2 Å². The molecule has 2 amide bonds. The Morgan fingerprint density at radius 2 is 1.83 bits per heavy atom. The number of benzene rings is 2. The number of thiocarbonyl (C=S) groups is 1. The van der Waals surface area contributed by atoms with E-state index in [9.17, 15) is 9.59 Å². The standard InChI is InChI=1S/C26H28BrN3O4S/c1-2-3-4-5-13-34-23-12-11-19(16-22(23)27)25(32)30-26(35)29-20-9-6-8-18(15-20)24(31)28-17-21-10-7-14-33-21/h6-12,14-16H,2-5,13,17H2,1H3,(H,28,31)(H2,29,30,32,35). The lowest BCUT2D eigenvalue weighted by Gasteiger charge is -2.12. The third-order valence-electron chi connectivity index (χ3n) is 5.06. The quantitative estimate of drug-likeness (QED) is 0.196. The molecule has 0 aliphatic rings. The minimum atomic E-state index is -0.356. The minimum Gasteiger partial charge on any atom is -0.492 e. The smallest absolute Gasteiger partial charge is 0.257 e. The fourth-order valence-corrected chi connectivity index (χ4v) is 3.93. The first-order valence-electron chi connectivity index (χ1n) is 11.4. The van der Waals surface area contributed by atoms with Gasteiger partial charge in [0, 0.05) is 16.8 Å². The van der Waals surface area contributed by atoms with Crippen molar-refractivity contribution in [3.8, 4) is 5.75 Å². The minimum absolute atomic E-state index is 0.121. The molecule has 0 fully saturated rings. The van der Waals surface area contributed by atoms with E-state index in [4.69, 9.17) is 21.4 Å². The predicted molar refractivity (Wildman–Crippen MR) is 144 cm³/mol. The van der Waals surface area contributed by atoms with E-state index in [2.05, 4.69) is 38.8 Å². The van der Waals surface area contributed by atoms with Crippen LogP contribution in [0.1, 0.15) is 59.1 Å². The number of nitrogens with one attached hydrogen (secondary N) is 3. The summed E-state index contributed by atoms with van der Waals surface area (Å²) in [6, 6.07) is 15.5. The Morgan fingerprint density at radius 3 is 2.57 bits per heavy atom. The fraction of sp³-hybridized carbons (Fsp3) is 0.269. The van der Waals surface area contributed by atoms with Crippen molar-refractivity contribution >= 4 is 50.8 Å². The Balaban J connectivity index is 1.50. The maximum atomic E-state index is 12.6. The Hall–Kier alpha value is -3.17. The van der Waals surface area contributed by atoms with Crippen LogP contribution in [0, 0.1) is 0 Å². The second kappa shape index (κ2) is 13.7. The summed E-state index contributed by atoms with van der Waals surface area (Å²) in [5.74, 6) is 0.748. The predicted octanol–water partition coefficient (Wildman–Crippen LogP) is 6.06. The van der Waals surface area contributed by atoms with Crippen LogP contribution in [-0.2, 0) is 6.54 Å². The van der Waals surface area contributed by atoms with Gasteiger partial charge in [0.2, 0.25) is 0 Å². The van der Waals surface area contributed by atoms with Gasteiger partial charge in [-0.05, 0) is 83.1 Å². The summed E-state index contributed by atoms with van der Waals surface area (Å²) >= 11 is 8.75. The number of ether oxygens (including phenoxy) is 1. The van der Waals surface area contributed by atoms with E-state index in [0.29, 0.717) is 39.4 Å². The van der Waals surface area contributed by atoms with E-state index in [-0.39, 0.29) is 23.5 Å². The van der Waals surface area contributed by atoms with Gasteiger partial charge in [0.05, 0.1) is 23.9 Å². The van der Waals surface area contributed by atoms with Gasteiger partial charge in [-0.3, -0.25) is 14.9 Å². The molecule has 9 heteroatoms. The van der Waals surface area contributed by atoms with Gasteiger partial charge in [0.1, 0.15) is 11.5 Å². The maximum absolute atomic E-state index is 12.6. The first kappa shape index (κ1) is 26.4. The summed E-state index contributed by atoms with van der Waals surface area (Å²) in [5.41, 5.74) is 1.46. The molecule has 35 heavy (non-hydrogen) atoms. The molecule has 2 aromatic carbocycles. The molecule has 0 aliphatic heterocycles. The summed E-state index contributed by atoms with van der Waals surface area (Å²) in [4.78, 5) is 25.1. The monoisotopic (exact) mass is 557 g/mol. The number of amides is 2. The highest BCUT2D eigenvalue weighted by Crippen LogP contribution is 2.26. The molecular weight excluding hydrogens is 530 g/mol. The molecule has 0 atom stereocenters. The van der Waals surface area contributed by atoms with E-state index >= 15 is 0 Å². The van der Waals surface area contributed by atoms with Gasteiger partial charge in [-0.15, -0.1) is 0 Å². The van der Waals surface area contributed by atoms with Gasteiger partial charge < -0.3 is 19.8 Å². The van der Waals surface area contributed by atoms with Gasteiger partial charge in [0.25, 0.3) is 11.8 Å². The highest BCUT2D eigenvalue weighted by molar-refractivity contribution is 9.10. The van der Waals surface area contributed by atoms with Crippen molar-refractivity contribution < 1.29 is 18.7 Å². The summed E-state index contributed by atoms with van der Waals surface area (Å²) in [6.07, 6.45) is 6.06. The lowest BCUT2D eigenvalue weighted by atomic mass is 10.2. The molecule has 3 N–H and O–H groups in total. The van der Waals surface area contributed by atoms with Crippen LogP contribution in [0.15, 0.2) is 69.8 Å². The number of furan rings is 1. The third-order valence-corrected chi connectivity index (χ3v) is 5.89. The van der Waals surface area contributed by atoms with E-state index in [1.807, 2.05) is 0 Å². The van der Waals surface area contributed by atoms with Crippen molar-refractivity contribution in [1.29, 1.82) is 0 Å². The molecule has 0 unspecified atom stereocenters. The van der Waals surface area contributed by atoms with Crippen LogP contribution in [-0.4, -0.2) is 23.5 Å². The number of carbonyl (C=O) groups excluding carboxylic acids is 2. The maximum Gasteiger partial charge on any atom is 0.257 e. The highest BCUT2D eigenvalue weighted by Gasteiger charge is 2.12. The lowest BCUT2D eigenvalue weighted by Crippen LogP contribution is -2.34. The summed E-state index contributed by atoms with van der Waals surface area (Å²) in [6.45, 7) is 3.09. The molecular formula is C26H28BrN3O4S. The van der Waals surface area contributed by atoms with Crippen LogP contribution in [0.25, 0.3) is 0 Å². The molecule has 7 nitrogen and oxygen atoms in total. The first-order chi connectivity index (χ1) is 17.0. The molecule has 1 aromatic heterocycles. The van der Waals surface area contributed by atoms with E-state index < -0.39 is 0 Å². The van der Waals surface area contributed by atoms with Crippen LogP contribution < -0.4 is 20.7 Å². The molecule has 0 spiro atoms. The third kappa shape index (κ3) is 8.52. The van der Waals surface area contributed by atoms with Crippen LogP contribution in [0.3, 0.4) is 0 Å². The Kier molecular flexibility index (Phi) is 10.3. The van der Waals surface area contributed by atoms with Crippen LogP contribution in [0.5, 0.6) is 5.75 Å². The molecule has 0 bridgehead atoms. The molecule has 1 heterocycles. The Bertz CT molecular complexity index is 1150. The van der Waals surface area contributed by atoms with E-state index in [1.54, 1.807) is 60.9 Å². The number of unbranched alkanes of at least 4 members (excludes halogenated alkanes) is 3. The van der Waals surface area contributed by atoms with Crippen molar-refractivity contribution in [1.82, 2.24) is 10.6 Å². The van der Waals surface area contributed by atoms with Gasteiger partial charge in [-0.1, -0.05) is 32.3 Å². The van der Waals surface area contributed by atoms with E-state index in [0.717, 1.165) is 12.8 Å². The molecule has 0 saturated heterocycles. The first-order valence-corrected chi connectivity index (χ1v) is 12.6. The van der Waals surface area contributed by atoms with Gasteiger partial charge in [0.15, 0.2) is 5.11 Å². The molecule has 3 rings (SSSR count). The van der Waals surface area contributed by atoms with E-state index in [1.165, 1.54) is 12.8 Å². The summed E-state index contributed by atoms with van der Waals surface area (Å²) in [7, 11) is 0. The van der Waals surface area contributed by atoms with Crippen molar-refractivity contribution in [3.63, 3.8) is 0 Å². The van der Waals surface area contributed by atoms with Gasteiger partial charge in [-0.2, -0.15) is 0 Å². The second-order valence-corrected chi connectivity index (χ2v) is 9.07. The number of hydrogen-bond acceptors (Lipinski definition) is 5. The SMILES string of the molecule is CCCCCCOc1ccc(C(=O)NC(=S)Nc2cccc(C(=O)NCc3ccco3)c2)cc1Br.